The van der Waals surface area contributed by atoms with Gasteiger partial charge in [0.15, 0.2) is 0 Å². The Morgan fingerprint density at radius 3 is 2.91 bits per heavy atom. The zero-order valence-electron chi connectivity index (χ0n) is 12.6. The van der Waals surface area contributed by atoms with Crippen LogP contribution in [0.4, 0.5) is 0 Å². The van der Waals surface area contributed by atoms with Crippen LogP contribution in [0.5, 0.6) is 0 Å². The molecule has 1 aromatic carbocycles. The monoisotopic (exact) mass is 298 g/mol. The summed E-state index contributed by atoms with van der Waals surface area (Å²) in [7, 11) is 0. The topological polar surface area (TPSA) is 72.9 Å². The summed E-state index contributed by atoms with van der Waals surface area (Å²) in [6, 6.07) is 9.93. The first-order valence-electron chi connectivity index (χ1n) is 7.84. The zero-order chi connectivity index (χ0) is 15.4. The van der Waals surface area contributed by atoms with Gasteiger partial charge in [-0.05, 0) is 37.4 Å². The van der Waals surface area contributed by atoms with Crippen molar-refractivity contribution in [3.63, 3.8) is 0 Å². The molecule has 0 aliphatic heterocycles. The first-order chi connectivity index (χ1) is 10.8. The highest BCUT2D eigenvalue weighted by atomic mass is 16.1. The lowest BCUT2D eigenvalue weighted by molar-refractivity contribution is -0.126. The minimum absolute atomic E-state index is 0.0779. The van der Waals surface area contributed by atoms with E-state index in [0.29, 0.717) is 19.0 Å². The second-order valence-corrected chi connectivity index (χ2v) is 5.88. The van der Waals surface area contributed by atoms with Gasteiger partial charge in [-0.15, -0.1) is 0 Å². The maximum Gasteiger partial charge on any atom is 0.223 e. The largest absolute Gasteiger partial charge is 0.352 e. The van der Waals surface area contributed by atoms with E-state index < -0.39 is 0 Å². The van der Waals surface area contributed by atoms with Crippen LogP contribution in [0.1, 0.15) is 24.8 Å². The number of hydrogen-bond donors (Lipinski definition) is 2. The standard InChI is InChI=1S/C17H22N4O/c18-9-14-5-4-8-16(14)17(22)19-10-13-11-20-21(12-13)15-6-2-1-3-7-15/h1-3,6-7,11-12,14,16H,4-5,8-10,18H2,(H,19,22)/t14-,16-/m1/s1. The highest BCUT2D eigenvalue weighted by Crippen LogP contribution is 2.30. The Balaban J connectivity index is 1.58. The fourth-order valence-corrected chi connectivity index (χ4v) is 3.16. The average molecular weight is 298 g/mol. The van der Waals surface area contributed by atoms with Crippen LogP contribution in [0.2, 0.25) is 0 Å². The van der Waals surface area contributed by atoms with E-state index in [4.69, 9.17) is 5.73 Å². The molecule has 3 N–H and O–H groups in total. The van der Waals surface area contributed by atoms with Gasteiger partial charge >= 0.3 is 0 Å². The third-order valence-corrected chi connectivity index (χ3v) is 4.42. The van der Waals surface area contributed by atoms with Crippen molar-refractivity contribution in [3.05, 3.63) is 48.3 Å². The van der Waals surface area contributed by atoms with Crippen molar-refractivity contribution in [2.45, 2.75) is 25.8 Å². The molecule has 1 aliphatic rings. The van der Waals surface area contributed by atoms with Gasteiger partial charge in [0.1, 0.15) is 0 Å². The molecule has 0 saturated heterocycles. The number of nitrogens with two attached hydrogens (primary N) is 1. The van der Waals surface area contributed by atoms with Gasteiger partial charge in [0.05, 0.1) is 11.9 Å². The SMILES string of the molecule is NC[C@H]1CCC[C@H]1C(=O)NCc1cnn(-c2ccccc2)c1. The maximum absolute atomic E-state index is 12.3. The molecule has 1 fully saturated rings. The molecule has 2 atom stereocenters. The number of benzene rings is 1. The molecule has 0 radical (unpaired) electrons. The molecule has 5 heteroatoms. The van der Waals surface area contributed by atoms with Crippen molar-refractivity contribution < 1.29 is 4.79 Å². The number of nitrogens with zero attached hydrogens (tertiary/aromatic N) is 2. The molecule has 1 aliphatic carbocycles. The Labute approximate surface area is 130 Å². The van der Waals surface area contributed by atoms with Crippen LogP contribution in [-0.4, -0.2) is 22.2 Å². The molecule has 0 unspecified atom stereocenters. The number of rotatable bonds is 5. The minimum atomic E-state index is 0.0779. The number of para-hydroxylation sites is 1. The van der Waals surface area contributed by atoms with Crippen molar-refractivity contribution in [2.75, 3.05) is 6.54 Å². The van der Waals surface area contributed by atoms with Crippen molar-refractivity contribution in [1.29, 1.82) is 0 Å². The van der Waals surface area contributed by atoms with E-state index in [0.717, 1.165) is 30.5 Å². The van der Waals surface area contributed by atoms with E-state index in [1.807, 2.05) is 41.2 Å². The molecular weight excluding hydrogens is 276 g/mol. The second kappa shape index (κ2) is 6.75. The van der Waals surface area contributed by atoms with Gasteiger partial charge in [0, 0.05) is 24.2 Å². The molecule has 0 bridgehead atoms. The minimum Gasteiger partial charge on any atom is -0.352 e. The summed E-state index contributed by atoms with van der Waals surface area (Å²) in [4.78, 5) is 12.3. The normalized spacial score (nSPS) is 21.0. The summed E-state index contributed by atoms with van der Waals surface area (Å²) < 4.78 is 1.82. The van der Waals surface area contributed by atoms with Crippen LogP contribution in [0.3, 0.4) is 0 Å². The van der Waals surface area contributed by atoms with Crippen LogP contribution in [0.25, 0.3) is 5.69 Å². The zero-order valence-corrected chi connectivity index (χ0v) is 12.6. The fourth-order valence-electron chi connectivity index (χ4n) is 3.16. The molecular formula is C17H22N4O. The fraction of sp³-hybridized carbons (Fsp3) is 0.412. The summed E-state index contributed by atoms with van der Waals surface area (Å²) in [5.74, 6) is 0.543. The molecule has 0 spiro atoms. The van der Waals surface area contributed by atoms with E-state index in [9.17, 15) is 4.79 Å². The van der Waals surface area contributed by atoms with Gasteiger partial charge in [-0.1, -0.05) is 24.6 Å². The third-order valence-electron chi connectivity index (χ3n) is 4.42. The van der Waals surface area contributed by atoms with Crippen LogP contribution < -0.4 is 11.1 Å². The lowest BCUT2D eigenvalue weighted by atomic mass is 9.95. The second-order valence-electron chi connectivity index (χ2n) is 5.88. The van der Waals surface area contributed by atoms with Crippen molar-refractivity contribution in [3.8, 4) is 5.69 Å². The Morgan fingerprint density at radius 2 is 2.14 bits per heavy atom. The molecule has 5 nitrogen and oxygen atoms in total. The molecule has 2 aromatic rings. The van der Waals surface area contributed by atoms with Crippen LogP contribution in [-0.2, 0) is 11.3 Å². The van der Waals surface area contributed by atoms with Crippen LogP contribution in [0, 0.1) is 11.8 Å². The first kappa shape index (κ1) is 14.8. The molecule has 3 rings (SSSR count). The van der Waals surface area contributed by atoms with Crippen molar-refractivity contribution in [2.24, 2.45) is 17.6 Å². The first-order valence-corrected chi connectivity index (χ1v) is 7.84. The van der Waals surface area contributed by atoms with Gasteiger partial charge in [0.2, 0.25) is 5.91 Å². The van der Waals surface area contributed by atoms with Gasteiger partial charge < -0.3 is 11.1 Å². The van der Waals surface area contributed by atoms with E-state index in [-0.39, 0.29) is 11.8 Å². The van der Waals surface area contributed by atoms with Gasteiger partial charge in [-0.25, -0.2) is 4.68 Å². The summed E-state index contributed by atoms with van der Waals surface area (Å²) in [6.45, 7) is 1.11. The van der Waals surface area contributed by atoms with Gasteiger partial charge in [0.25, 0.3) is 0 Å². The van der Waals surface area contributed by atoms with Crippen LogP contribution in [0.15, 0.2) is 42.7 Å². The number of nitrogens with one attached hydrogen (secondary N) is 1. The van der Waals surface area contributed by atoms with Crippen molar-refractivity contribution >= 4 is 5.91 Å². The predicted octanol–water partition coefficient (Wildman–Crippen LogP) is 1.86. The highest BCUT2D eigenvalue weighted by molar-refractivity contribution is 5.79. The Morgan fingerprint density at radius 1 is 1.32 bits per heavy atom. The molecule has 116 valence electrons. The third kappa shape index (κ3) is 3.20. The Hall–Kier alpha value is -2.14. The Bertz CT molecular complexity index is 623. The number of carbonyl (C=O) groups is 1. The van der Waals surface area contributed by atoms with E-state index in [1.54, 1.807) is 6.20 Å². The number of amides is 1. The van der Waals surface area contributed by atoms with Crippen molar-refractivity contribution in [1.82, 2.24) is 15.1 Å². The summed E-state index contributed by atoms with van der Waals surface area (Å²) in [6.07, 6.45) is 6.87. The lowest BCUT2D eigenvalue weighted by Gasteiger charge is -2.16. The quantitative estimate of drug-likeness (QED) is 0.885. The summed E-state index contributed by atoms with van der Waals surface area (Å²) in [5.41, 5.74) is 7.76. The average Bonchev–Trinajstić information content (AvgIpc) is 3.22. The van der Waals surface area contributed by atoms with Crippen LogP contribution >= 0.6 is 0 Å². The van der Waals surface area contributed by atoms with E-state index >= 15 is 0 Å². The van der Waals surface area contributed by atoms with Gasteiger partial charge in [-0.2, -0.15) is 5.10 Å². The molecule has 1 saturated carbocycles. The molecule has 1 aromatic heterocycles. The molecule has 22 heavy (non-hydrogen) atoms. The highest BCUT2D eigenvalue weighted by Gasteiger charge is 2.31. The molecule has 1 amide bonds. The van der Waals surface area contributed by atoms with E-state index in [2.05, 4.69) is 10.4 Å². The summed E-state index contributed by atoms with van der Waals surface area (Å²) in [5, 5.41) is 7.36. The maximum atomic E-state index is 12.3. The number of aromatic nitrogens is 2. The number of hydrogen-bond acceptors (Lipinski definition) is 3. The molecule has 1 heterocycles. The van der Waals surface area contributed by atoms with Gasteiger partial charge in [-0.3, -0.25) is 4.79 Å². The predicted molar refractivity (Wildman–Crippen MR) is 85.3 cm³/mol. The smallest absolute Gasteiger partial charge is 0.223 e. The Kier molecular flexibility index (Phi) is 4.53. The van der Waals surface area contributed by atoms with E-state index in [1.165, 1.54) is 0 Å². The number of carbonyl (C=O) groups excluding carboxylic acids is 1. The lowest BCUT2D eigenvalue weighted by Crippen LogP contribution is -2.34. The summed E-state index contributed by atoms with van der Waals surface area (Å²) >= 11 is 0.